The summed E-state index contributed by atoms with van der Waals surface area (Å²) in [6.07, 6.45) is 1.36. The summed E-state index contributed by atoms with van der Waals surface area (Å²) >= 11 is 0. The summed E-state index contributed by atoms with van der Waals surface area (Å²) in [5.74, 6) is 0. The van der Waals surface area contributed by atoms with Crippen LogP contribution in [0.15, 0.2) is 0 Å². The quantitative estimate of drug-likeness (QED) is 0.498. The van der Waals surface area contributed by atoms with E-state index in [1.54, 1.807) is 0 Å². The maximum absolute atomic E-state index is 3.20. The van der Waals surface area contributed by atoms with Crippen LogP contribution in [0.5, 0.6) is 0 Å². The first kappa shape index (κ1) is 11.2. The van der Waals surface area contributed by atoms with E-state index in [2.05, 4.69) is 32.3 Å². The molecule has 0 bridgehead atoms. The van der Waals surface area contributed by atoms with Crippen molar-refractivity contribution in [3.63, 3.8) is 0 Å². The third-order valence-electron chi connectivity index (χ3n) is 2.81. The molecule has 0 saturated carbocycles. The maximum atomic E-state index is 3.20. The zero-order valence-electron chi connectivity index (χ0n) is 8.70. The highest BCUT2D eigenvalue weighted by Gasteiger charge is 2.23. The summed E-state index contributed by atoms with van der Waals surface area (Å²) in [7, 11) is 1.17. The van der Waals surface area contributed by atoms with Gasteiger partial charge in [-0.2, -0.15) is 0 Å². The molecule has 0 aromatic heterocycles. The Kier molecular flexibility index (Phi) is 5.02. The highest BCUT2D eigenvalue weighted by atomic mass is 28.3. The van der Waals surface area contributed by atoms with E-state index in [0.717, 1.165) is 5.54 Å². The van der Waals surface area contributed by atoms with E-state index in [1.807, 2.05) is 7.05 Å². The molecule has 0 aliphatic heterocycles. The molecule has 0 aromatic rings. The Balaban J connectivity index is 3.55. The Morgan fingerprint density at radius 1 is 1.27 bits per heavy atom. The summed E-state index contributed by atoms with van der Waals surface area (Å²) in [6.45, 7) is 10.9. The molecule has 1 nitrogen and oxygen atoms in total. The Morgan fingerprint density at radius 3 is 2.18 bits per heavy atom. The average molecular weight is 173 g/mol. The monoisotopic (exact) mass is 173 g/mol. The van der Waals surface area contributed by atoms with E-state index in [1.165, 1.54) is 19.0 Å². The summed E-state index contributed by atoms with van der Waals surface area (Å²) in [4.78, 5) is 0. The predicted octanol–water partition coefficient (Wildman–Crippen LogP) is 2.71. The molecule has 0 aromatic carbocycles. The van der Waals surface area contributed by atoms with E-state index in [-0.39, 0.29) is 0 Å². The maximum Gasteiger partial charge on any atom is 0.0499 e. The second-order valence-corrected chi connectivity index (χ2v) is 9.98. The van der Waals surface area contributed by atoms with Crippen molar-refractivity contribution in [3.05, 3.63) is 0 Å². The first-order chi connectivity index (χ1) is 5.00. The van der Waals surface area contributed by atoms with Gasteiger partial charge in [0, 0.05) is 8.07 Å². The van der Waals surface area contributed by atoms with E-state index >= 15 is 0 Å². The fraction of sp³-hybridized carbons (Fsp3) is 1.00. The van der Waals surface area contributed by atoms with Gasteiger partial charge in [-0.3, -0.25) is 0 Å². The van der Waals surface area contributed by atoms with Gasteiger partial charge in [0.15, 0.2) is 0 Å². The zero-order chi connectivity index (χ0) is 8.91. The van der Waals surface area contributed by atoms with Crippen molar-refractivity contribution in [2.45, 2.75) is 44.9 Å². The highest BCUT2D eigenvalue weighted by Crippen LogP contribution is 2.25. The molecule has 0 aliphatic carbocycles. The highest BCUT2D eigenvalue weighted by molar-refractivity contribution is 6.78. The average Bonchev–Trinajstić information content (AvgIpc) is 1.88. The van der Waals surface area contributed by atoms with Crippen LogP contribution in [0.1, 0.15) is 20.3 Å². The van der Waals surface area contributed by atoms with Crippen LogP contribution in [0.25, 0.3) is 0 Å². The van der Waals surface area contributed by atoms with Crippen LogP contribution in [0, 0.1) is 0 Å². The van der Waals surface area contributed by atoms with E-state index in [9.17, 15) is 0 Å². The van der Waals surface area contributed by atoms with Gasteiger partial charge in [-0.15, -0.1) is 0 Å². The standard InChI is InChI=1S/C9H23NSi/c1-9(2)11(4,5)8-6-7-10-3/h9-10H,6-8H2,1-5H3. The van der Waals surface area contributed by atoms with Crippen LogP contribution in [-0.2, 0) is 0 Å². The Morgan fingerprint density at radius 2 is 1.82 bits per heavy atom. The summed E-state index contributed by atoms with van der Waals surface area (Å²) in [6, 6.07) is 1.46. The van der Waals surface area contributed by atoms with Crippen molar-refractivity contribution in [1.29, 1.82) is 0 Å². The Bertz CT molecular complexity index is 99.7. The van der Waals surface area contributed by atoms with Crippen LogP contribution < -0.4 is 5.32 Å². The third-order valence-corrected chi connectivity index (χ3v) is 7.58. The molecule has 68 valence electrons. The summed E-state index contributed by atoms with van der Waals surface area (Å²) in [5, 5.41) is 3.20. The number of hydrogen-bond acceptors (Lipinski definition) is 1. The number of nitrogens with one attached hydrogen (secondary N) is 1. The van der Waals surface area contributed by atoms with Gasteiger partial charge in [-0.1, -0.05) is 38.5 Å². The van der Waals surface area contributed by atoms with Crippen molar-refractivity contribution in [3.8, 4) is 0 Å². The minimum absolute atomic E-state index is 0.858. The normalized spacial score (nSPS) is 12.5. The fourth-order valence-electron chi connectivity index (χ4n) is 1.01. The molecule has 0 spiro atoms. The Labute approximate surface area is 72.6 Å². The third kappa shape index (κ3) is 4.59. The molecule has 0 fully saturated rings. The minimum atomic E-state index is -0.858. The Hall–Kier alpha value is 0.177. The molecule has 0 amide bonds. The first-order valence-electron chi connectivity index (χ1n) is 4.65. The second-order valence-electron chi connectivity index (χ2n) is 4.35. The molecule has 2 heteroatoms. The zero-order valence-corrected chi connectivity index (χ0v) is 9.70. The lowest BCUT2D eigenvalue weighted by Crippen LogP contribution is -2.30. The van der Waals surface area contributed by atoms with E-state index < -0.39 is 8.07 Å². The van der Waals surface area contributed by atoms with Gasteiger partial charge < -0.3 is 5.32 Å². The van der Waals surface area contributed by atoms with Crippen molar-refractivity contribution in [2.24, 2.45) is 0 Å². The van der Waals surface area contributed by atoms with Crippen LogP contribution in [-0.4, -0.2) is 21.7 Å². The molecular weight excluding hydrogens is 150 g/mol. The van der Waals surface area contributed by atoms with Crippen LogP contribution >= 0.6 is 0 Å². The molecule has 0 saturated heterocycles. The van der Waals surface area contributed by atoms with Crippen molar-refractivity contribution in [1.82, 2.24) is 5.32 Å². The summed E-state index contributed by atoms with van der Waals surface area (Å²) < 4.78 is 0. The topological polar surface area (TPSA) is 12.0 Å². The first-order valence-corrected chi connectivity index (χ1v) is 7.93. The molecule has 11 heavy (non-hydrogen) atoms. The lowest BCUT2D eigenvalue weighted by molar-refractivity contribution is 0.758. The van der Waals surface area contributed by atoms with Crippen LogP contribution in [0.4, 0.5) is 0 Å². The van der Waals surface area contributed by atoms with Crippen molar-refractivity contribution >= 4 is 8.07 Å². The molecule has 0 aliphatic rings. The molecule has 0 heterocycles. The predicted molar refractivity (Wildman–Crippen MR) is 55.9 cm³/mol. The van der Waals surface area contributed by atoms with E-state index in [4.69, 9.17) is 0 Å². The smallest absolute Gasteiger partial charge is 0.0499 e. The molecule has 0 radical (unpaired) electrons. The summed E-state index contributed by atoms with van der Waals surface area (Å²) in [5.41, 5.74) is 0.930. The molecular formula is C9H23NSi. The largest absolute Gasteiger partial charge is 0.320 e. The second kappa shape index (κ2) is 4.94. The SMILES string of the molecule is CNCCC[Si](C)(C)C(C)C. The van der Waals surface area contributed by atoms with Crippen molar-refractivity contribution < 1.29 is 0 Å². The van der Waals surface area contributed by atoms with Gasteiger partial charge >= 0.3 is 0 Å². The van der Waals surface area contributed by atoms with Crippen LogP contribution in [0.2, 0.25) is 24.7 Å². The van der Waals surface area contributed by atoms with Gasteiger partial charge in [0.05, 0.1) is 0 Å². The molecule has 0 atom stereocenters. The van der Waals surface area contributed by atoms with Gasteiger partial charge in [0.2, 0.25) is 0 Å². The van der Waals surface area contributed by atoms with Gasteiger partial charge in [0.1, 0.15) is 0 Å². The minimum Gasteiger partial charge on any atom is -0.320 e. The van der Waals surface area contributed by atoms with E-state index in [0.29, 0.717) is 0 Å². The van der Waals surface area contributed by atoms with Gasteiger partial charge in [-0.05, 0) is 20.0 Å². The number of rotatable bonds is 5. The molecule has 1 N–H and O–H groups in total. The molecule has 0 unspecified atom stereocenters. The molecule has 0 rings (SSSR count). The van der Waals surface area contributed by atoms with Crippen molar-refractivity contribution in [2.75, 3.05) is 13.6 Å². The number of hydrogen-bond donors (Lipinski definition) is 1. The van der Waals surface area contributed by atoms with Crippen LogP contribution in [0.3, 0.4) is 0 Å². The van der Waals surface area contributed by atoms with Gasteiger partial charge in [0.25, 0.3) is 0 Å². The lowest BCUT2D eigenvalue weighted by Gasteiger charge is -2.26. The lowest BCUT2D eigenvalue weighted by atomic mass is 10.5. The van der Waals surface area contributed by atoms with Gasteiger partial charge in [-0.25, -0.2) is 0 Å². The fourth-order valence-corrected chi connectivity index (χ4v) is 2.67.